The van der Waals surface area contributed by atoms with E-state index in [0.29, 0.717) is 19.4 Å². The molecular weight excluding hydrogens is 360 g/mol. The van der Waals surface area contributed by atoms with E-state index in [0.717, 1.165) is 0 Å². The van der Waals surface area contributed by atoms with E-state index in [1.807, 2.05) is 13.8 Å². The van der Waals surface area contributed by atoms with E-state index in [2.05, 4.69) is 23.3 Å². The molecule has 0 saturated carbocycles. The van der Waals surface area contributed by atoms with Crippen LogP contribution in [0.4, 0.5) is 0 Å². The molecule has 9 nitrogen and oxygen atoms in total. The first-order valence-corrected chi connectivity index (χ1v) is 9.23. The molecule has 0 aromatic rings. The molecule has 0 spiro atoms. The van der Waals surface area contributed by atoms with Crippen molar-refractivity contribution in [2.24, 2.45) is 11.7 Å². The Balaban J connectivity index is 2.75. The lowest BCUT2D eigenvalue weighted by Crippen LogP contribution is -2.57. The van der Waals surface area contributed by atoms with Crippen molar-refractivity contribution in [2.45, 2.75) is 57.8 Å². The summed E-state index contributed by atoms with van der Waals surface area (Å²) in [7, 11) is 0. The third kappa shape index (κ3) is 5.60. The van der Waals surface area contributed by atoms with E-state index in [4.69, 9.17) is 10.8 Å². The molecule has 0 aromatic carbocycles. The van der Waals surface area contributed by atoms with Gasteiger partial charge in [0.2, 0.25) is 17.7 Å². The summed E-state index contributed by atoms with van der Waals surface area (Å²) in [6.07, 6.45) is 1.15. The summed E-state index contributed by atoms with van der Waals surface area (Å²) in [5.74, 6) is -2.64. The van der Waals surface area contributed by atoms with Gasteiger partial charge in [0.1, 0.15) is 18.1 Å². The molecule has 4 unspecified atom stereocenters. The molecule has 1 rings (SSSR count). The molecule has 0 aromatic heterocycles. The number of amides is 3. The van der Waals surface area contributed by atoms with Gasteiger partial charge in [-0.2, -0.15) is 12.6 Å². The largest absolute Gasteiger partial charge is 0.480 e. The molecule has 26 heavy (non-hydrogen) atoms. The minimum Gasteiger partial charge on any atom is -0.480 e. The van der Waals surface area contributed by atoms with Gasteiger partial charge in [-0.3, -0.25) is 19.2 Å². The standard InChI is InChI=1S/C16H28N4O5S/c1-8(2)12(17)15(23)20-6-4-5-11(20)14(22)19-10(7-26)13(21)18-9(3)16(24)25/h8-12,26H,4-7,17H2,1-3H3,(H,18,21)(H,19,22)(H,24,25). The summed E-state index contributed by atoms with van der Waals surface area (Å²) in [5, 5.41) is 13.7. The fourth-order valence-corrected chi connectivity index (χ4v) is 2.87. The lowest BCUT2D eigenvalue weighted by atomic mass is 10.0. The van der Waals surface area contributed by atoms with Crippen LogP contribution in [0.1, 0.15) is 33.6 Å². The fourth-order valence-electron chi connectivity index (χ4n) is 2.62. The van der Waals surface area contributed by atoms with E-state index in [-0.39, 0.29) is 17.6 Å². The molecule has 4 atom stereocenters. The second kappa shape index (κ2) is 9.77. The zero-order valence-electron chi connectivity index (χ0n) is 15.3. The molecule has 5 N–H and O–H groups in total. The molecule has 1 saturated heterocycles. The number of nitrogens with zero attached hydrogens (tertiary/aromatic N) is 1. The normalized spacial score (nSPS) is 20.4. The minimum atomic E-state index is -1.18. The third-order valence-electron chi connectivity index (χ3n) is 4.39. The molecule has 3 amide bonds. The average Bonchev–Trinajstić information content (AvgIpc) is 3.07. The Bertz CT molecular complexity index is 557. The second-order valence-electron chi connectivity index (χ2n) is 6.77. The van der Waals surface area contributed by atoms with Gasteiger partial charge in [0.05, 0.1) is 6.04 Å². The van der Waals surface area contributed by atoms with E-state index in [1.165, 1.54) is 11.8 Å². The van der Waals surface area contributed by atoms with Crippen LogP contribution in [0.2, 0.25) is 0 Å². The Morgan fingerprint density at radius 1 is 1.23 bits per heavy atom. The number of rotatable bonds is 8. The van der Waals surface area contributed by atoms with Gasteiger partial charge in [-0.1, -0.05) is 13.8 Å². The zero-order valence-corrected chi connectivity index (χ0v) is 16.2. The fraction of sp³-hybridized carbons (Fsp3) is 0.750. The highest BCUT2D eigenvalue weighted by molar-refractivity contribution is 7.80. The first-order valence-electron chi connectivity index (χ1n) is 8.60. The Morgan fingerprint density at radius 3 is 2.35 bits per heavy atom. The van der Waals surface area contributed by atoms with Crippen LogP contribution in [0.5, 0.6) is 0 Å². The van der Waals surface area contributed by atoms with Crippen molar-refractivity contribution in [2.75, 3.05) is 12.3 Å². The SMILES string of the molecule is CC(NC(=O)C(CS)NC(=O)C1CCCN1C(=O)C(N)C(C)C)C(=O)O. The van der Waals surface area contributed by atoms with Crippen LogP contribution in [0, 0.1) is 5.92 Å². The van der Waals surface area contributed by atoms with Gasteiger partial charge in [0.15, 0.2) is 0 Å². The van der Waals surface area contributed by atoms with Crippen molar-refractivity contribution in [3.05, 3.63) is 0 Å². The second-order valence-corrected chi connectivity index (χ2v) is 7.14. The van der Waals surface area contributed by atoms with E-state index in [9.17, 15) is 19.2 Å². The number of aliphatic carboxylic acids is 1. The summed E-state index contributed by atoms with van der Waals surface area (Å²) in [6, 6.07) is -3.47. The van der Waals surface area contributed by atoms with Crippen molar-refractivity contribution in [3.8, 4) is 0 Å². The monoisotopic (exact) mass is 388 g/mol. The number of nitrogens with two attached hydrogens (primary N) is 1. The number of nitrogens with one attached hydrogen (secondary N) is 2. The van der Waals surface area contributed by atoms with E-state index >= 15 is 0 Å². The first kappa shape index (κ1) is 22.2. The van der Waals surface area contributed by atoms with Crippen LogP contribution < -0.4 is 16.4 Å². The lowest BCUT2D eigenvalue weighted by molar-refractivity contribution is -0.142. The summed E-state index contributed by atoms with van der Waals surface area (Å²) in [4.78, 5) is 49.4. The van der Waals surface area contributed by atoms with Gasteiger partial charge in [0, 0.05) is 12.3 Å². The number of carbonyl (C=O) groups is 4. The van der Waals surface area contributed by atoms with Crippen LogP contribution >= 0.6 is 12.6 Å². The highest BCUT2D eigenvalue weighted by Crippen LogP contribution is 2.20. The smallest absolute Gasteiger partial charge is 0.325 e. The van der Waals surface area contributed by atoms with Crippen molar-refractivity contribution >= 4 is 36.3 Å². The molecule has 1 fully saturated rings. The van der Waals surface area contributed by atoms with Gasteiger partial charge in [0.25, 0.3) is 0 Å². The lowest BCUT2D eigenvalue weighted by Gasteiger charge is -2.29. The van der Waals surface area contributed by atoms with Crippen LogP contribution in [0.3, 0.4) is 0 Å². The molecular formula is C16H28N4O5S. The van der Waals surface area contributed by atoms with Gasteiger partial charge in [-0.15, -0.1) is 0 Å². The van der Waals surface area contributed by atoms with Gasteiger partial charge >= 0.3 is 5.97 Å². The molecule has 1 aliphatic rings. The topological polar surface area (TPSA) is 142 Å². The molecule has 1 heterocycles. The van der Waals surface area contributed by atoms with Crippen molar-refractivity contribution in [1.29, 1.82) is 0 Å². The summed E-state index contributed by atoms with van der Waals surface area (Å²) in [6.45, 7) is 5.42. The Hall–Kier alpha value is -1.81. The molecule has 0 radical (unpaired) electrons. The van der Waals surface area contributed by atoms with Crippen LogP contribution in [0.15, 0.2) is 0 Å². The first-order chi connectivity index (χ1) is 12.1. The zero-order chi connectivity index (χ0) is 20.0. The maximum atomic E-state index is 12.6. The average molecular weight is 388 g/mol. The molecule has 0 bridgehead atoms. The number of hydrogen-bond donors (Lipinski definition) is 5. The highest BCUT2D eigenvalue weighted by atomic mass is 32.1. The van der Waals surface area contributed by atoms with Gasteiger partial charge in [-0.25, -0.2) is 0 Å². The van der Waals surface area contributed by atoms with E-state index in [1.54, 1.807) is 0 Å². The predicted octanol–water partition coefficient (Wildman–Crippen LogP) is -1.04. The minimum absolute atomic E-state index is 0.00388. The highest BCUT2D eigenvalue weighted by Gasteiger charge is 2.38. The van der Waals surface area contributed by atoms with Gasteiger partial charge in [-0.05, 0) is 25.7 Å². The number of hydrogen-bond acceptors (Lipinski definition) is 6. The van der Waals surface area contributed by atoms with E-state index < -0.39 is 42.0 Å². The Labute approximate surface area is 158 Å². The summed E-state index contributed by atoms with van der Waals surface area (Å²) < 4.78 is 0. The van der Waals surface area contributed by atoms with Crippen LogP contribution in [0.25, 0.3) is 0 Å². The summed E-state index contributed by atoms with van der Waals surface area (Å²) >= 11 is 4.05. The number of carboxylic acids is 1. The number of thiol groups is 1. The van der Waals surface area contributed by atoms with Crippen molar-refractivity contribution in [1.82, 2.24) is 15.5 Å². The van der Waals surface area contributed by atoms with Crippen LogP contribution in [-0.4, -0.2) is 70.2 Å². The molecule has 10 heteroatoms. The maximum Gasteiger partial charge on any atom is 0.325 e. The summed E-state index contributed by atoms with van der Waals surface area (Å²) in [5.41, 5.74) is 5.91. The predicted molar refractivity (Wildman–Crippen MR) is 98.6 cm³/mol. The Kier molecular flexibility index (Phi) is 8.35. The third-order valence-corrected chi connectivity index (χ3v) is 4.75. The quantitative estimate of drug-likeness (QED) is 0.336. The van der Waals surface area contributed by atoms with Crippen molar-refractivity contribution in [3.63, 3.8) is 0 Å². The van der Waals surface area contributed by atoms with Crippen LogP contribution in [-0.2, 0) is 19.2 Å². The number of carboxylic acid groups (broad SMARTS) is 1. The molecule has 1 aliphatic heterocycles. The molecule has 148 valence electrons. The Morgan fingerprint density at radius 2 is 1.85 bits per heavy atom. The van der Waals surface area contributed by atoms with Crippen molar-refractivity contribution < 1.29 is 24.3 Å². The van der Waals surface area contributed by atoms with Gasteiger partial charge < -0.3 is 26.4 Å². The maximum absolute atomic E-state index is 12.6. The molecule has 0 aliphatic carbocycles. The number of likely N-dealkylation sites (tertiary alicyclic amines) is 1. The number of carbonyl (C=O) groups excluding carboxylic acids is 3.